The molecule has 21 heteroatoms. The Bertz CT molecular complexity index is 3250. The van der Waals surface area contributed by atoms with Crippen molar-refractivity contribution in [1.82, 2.24) is 30.7 Å². The molecule has 0 radical (unpaired) electrons. The van der Waals surface area contributed by atoms with Crippen LogP contribution in [0.4, 0.5) is 35.9 Å². The lowest BCUT2D eigenvalue weighted by Gasteiger charge is -2.44. The Morgan fingerprint density at radius 3 is 2.27 bits per heavy atom. The quantitative estimate of drug-likeness (QED) is 0.0623. The van der Waals surface area contributed by atoms with Crippen LogP contribution in [0.25, 0.3) is 0 Å². The summed E-state index contributed by atoms with van der Waals surface area (Å²) in [6.07, 6.45) is 1.44. The van der Waals surface area contributed by atoms with Crippen LogP contribution in [0.2, 0.25) is 0 Å². The van der Waals surface area contributed by atoms with Gasteiger partial charge in [0.25, 0.3) is 11.8 Å². The third-order valence-corrected chi connectivity index (χ3v) is 17.2. The van der Waals surface area contributed by atoms with Gasteiger partial charge in [0, 0.05) is 87.5 Å². The van der Waals surface area contributed by atoms with Crippen LogP contribution >= 0.6 is 0 Å². The van der Waals surface area contributed by atoms with Gasteiger partial charge in [0.05, 0.1) is 36.9 Å². The molecule has 84 heavy (non-hydrogen) atoms. The number of halogens is 3. The Kier molecular flexibility index (Phi) is 18.3. The number of morpholine rings is 1. The molecule has 3 saturated heterocycles. The molecule has 0 saturated carbocycles. The normalized spacial score (nSPS) is 22.5. The highest BCUT2D eigenvalue weighted by molar-refractivity contribution is 6.20. The third kappa shape index (κ3) is 12.9. The Morgan fingerprint density at radius 2 is 1.56 bits per heavy atom. The molecule has 0 spiro atoms. The fourth-order valence-electron chi connectivity index (χ4n) is 12.1. The van der Waals surface area contributed by atoms with Crippen LogP contribution < -0.4 is 36.8 Å². The van der Waals surface area contributed by atoms with Gasteiger partial charge in [-0.05, 0) is 154 Å². The predicted molar refractivity (Wildman–Crippen MR) is 312 cm³/mol. The summed E-state index contributed by atoms with van der Waals surface area (Å²) in [4.78, 5) is 94.6. The van der Waals surface area contributed by atoms with Crippen LogP contribution in [0.1, 0.15) is 84.8 Å². The van der Waals surface area contributed by atoms with E-state index in [9.17, 15) is 23.6 Å². The topological polar surface area (TPSA) is 206 Å². The van der Waals surface area contributed by atoms with Crippen molar-refractivity contribution in [2.24, 2.45) is 5.92 Å². The Labute approximate surface area is 487 Å². The van der Waals surface area contributed by atoms with Gasteiger partial charge in [0.2, 0.25) is 23.6 Å². The second kappa shape index (κ2) is 25.8. The fraction of sp³-hybridized carbons (Fsp3) is 0.429. The minimum atomic E-state index is -1.46. The monoisotopic (exact) mass is 1150 g/mol. The number of benzene rings is 5. The molecule has 444 valence electrons. The molecule has 0 bridgehead atoms. The first-order valence-electron chi connectivity index (χ1n) is 28.8. The van der Waals surface area contributed by atoms with E-state index < -0.39 is 76.3 Å². The Balaban J connectivity index is 0.927. The summed E-state index contributed by atoms with van der Waals surface area (Å²) in [6, 6.07) is 23.3. The molecule has 7 atom stereocenters. The van der Waals surface area contributed by atoms with Gasteiger partial charge >= 0.3 is 0 Å². The zero-order chi connectivity index (χ0) is 59.4. The lowest BCUT2D eigenvalue weighted by molar-refractivity contribution is -0.144. The number of carbonyl (C=O) groups is 6. The lowest BCUT2D eigenvalue weighted by Crippen LogP contribution is -2.62. The van der Waals surface area contributed by atoms with Crippen molar-refractivity contribution in [1.29, 1.82) is 0 Å². The van der Waals surface area contributed by atoms with Crippen molar-refractivity contribution in [3.63, 3.8) is 0 Å². The third-order valence-electron chi connectivity index (χ3n) is 17.2. The molecule has 0 aliphatic carbocycles. The van der Waals surface area contributed by atoms with Crippen LogP contribution in [0.3, 0.4) is 0 Å². The SMILES string of the molecule is CN[C@@H](C)C(=O)N[C@H](C(=O)N1Cc2ccc(NC(=O)c3ccc(N(C(=O)CN4C[C@@H](C)NC[C@@H]4CN4CCOC[C@H]4C)C(=O)C4(C)CNc5cc(Cc6ccc(F)cc6)ccc54)cc3)cc2[C@H]1C(=O)Nc1c(F)cccc1F)C1CCOCC1. The van der Waals surface area contributed by atoms with Gasteiger partial charge in [0.15, 0.2) is 0 Å². The number of nitrogens with zero attached hydrogens (tertiary/aromatic N) is 4. The summed E-state index contributed by atoms with van der Waals surface area (Å²) in [6.45, 7) is 12.3. The van der Waals surface area contributed by atoms with Gasteiger partial charge in [-0.1, -0.05) is 36.4 Å². The van der Waals surface area contributed by atoms with Crippen molar-refractivity contribution in [2.45, 2.75) is 95.2 Å². The van der Waals surface area contributed by atoms with Gasteiger partial charge in [-0.2, -0.15) is 0 Å². The van der Waals surface area contributed by atoms with Gasteiger partial charge in [-0.15, -0.1) is 0 Å². The first-order chi connectivity index (χ1) is 40.4. The second-order valence-corrected chi connectivity index (χ2v) is 23.0. The van der Waals surface area contributed by atoms with Gasteiger partial charge < -0.3 is 46.3 Å². The van der Waals surface area contributed by atoms with Crippen LogP contribution in [0.5, 0.6) is 0 Å². The number of rotatable bonds is 17. The molecule has 5 aromatic rings. The van der Waals surface area contributed by atoms with Gasteiger partial charge in [0.1, 0.15) is 35.2 Å². The minimum Gasteiger partial charge on any atom is -0.383 e. The van der Waals surface area contributed by atoms with Crippen molar-refractivity contribution in [2.75, 3.05) is 93.6 Å². The predicted octanol–water partition coefficient (Wildman–Crippen LogP) is 6.11. The van der Waals surface area contributed by atoms with Crippen molar-refractivity contribution >= 4 is 58.2 Å². The summed E-state index contributed by atoms with van der Waals surface area (Å²) in [5, 5.41) is 18.0. The first kappa shape index (κ1) is 59.6. The van der Waals surface area contributed by atoms with E-state index in [1.165, 1.54) is 40.1 Å². The molecular formula is C63H73F3N10O8. The highest BCUT2D eigenvalue weighted by Crippen LogP contribution is 2.41. The molecule has 0 aromatic heterocycles. The highest BCUT2D eigenvalue weighted by Gasteiger charge is 2.48. The van der Waals surface area contributed by atoms with E-state index in [0.29, 0.717) is 76.5 Å². The molecule has 18 nitrogen and oxygen atoms in total. The fourth-order valence-corrected chi connectivity index (χ4v) is 12.1. The van der Waals surface area contributed by atoms with E-state index >= 15 is 18.4 Å². The van der Waals surface area contributed by atoms with E-state index in [1.807, 2.05) is 25.1 Å². The highest BCUT2D eigenvalue weighted by atomic mass is 19.1. The van der Waals surface area contributed by atoms with E-state index in [-0.39, 0.29) is 72.0 Å². The maximum Gasteiger partial charge on any atom is 0.255 e. The first-order valence-corrected chi connectivity index (χ1v) is 28.8. The van der Waals surface area contributed by atoms with Crippen LogP contribution in [-0.2, 0) is 51.8 Å². The number of carbonyl (C=O) groups excluding carboxylic acids is 6. The smallest absolute Gasteiger partial charge is 0.255 e. The maximum absolute atomic E-state index is 15.4. The van der Waals surface area contributed by atoms with Gasteiger partial charge in [-0.25, -0.2) is 18.1 Å². The number of nitrogens with one attached hydrogen (secondary N) is 6. The van der Waals surface area contributed by atoms with Crippen molar-refractivity contribution in [3.8, 4) is 0 Å². The molecule has 5 heterocycles. The molecule has 1 unspecified atom stereocenters. The number of hydrogen-bond donors (Lipinski definition) is 6. The Hall–Kier alpha value is -7.53. The largest absolute Gasteiger partial charge is 0.383 e. The zero-order valence-electron chi connectivity index (χ0n) is 47.9. The number of para-hydroxylation sites is 1. The van der Waals surface area contributed by atoms with E-state index in [4.69, 9.17) is 9.47 Å². The molecule has 6 N–H and O–H groups in total. The lowest BCUT2D eigenvalue weighted by atomic mass is 9.82. The average Bonchev–Trinajstić information content (AvgIpc) is 3.96. The number of amides is 6. The van der Waals surface area contributed by atoms with E-state index in [2.05, 4.69) is 55.5 Å². The van der Waals surface area contributed by atoms with Crippen molar-refractivity contribution < 1.29 is 51.4 Å². The Morgan fingerprint density at radius 1 is 0.833 bits per heavy atom. The summed E-state index contributed by atoms with van der Waals surface area (Å²) in [5.74, 6) is -6.16. The number of likely N-dealkylation sites (N-methyl/N-ethyl adjacent to an activating group) is 1. The summed E-state index contributed by atoms with van der Waals surface area (Å²) in [7, 11) is 1.61. The summed E-state index contributed by atoms with van der Waals surface area (Å²) in [5.41, 5.74) is 2.87. The molecular weight excluding hydrogens is 1080 g/mol. The van der Waals surface area contributed by atoms with Gasteiger partial charge in [-0.3, -0.25) is 38.6 Å². The molecule has 10 rings (SSSR count). The van der Waals surface area contributed by atoms with E-state index in [0.717, 1.165) is 41.6 Å². The zero-order valence-corrected chi connectivity index (χ0v) is 47.9. The number of hydrogen-bond acceptors (Lipinski definition) is 13. The number of anilines is 4. The average molecular weight is 1160 g/mol. The standard InChI is InChI=1S/C63H73F3N10O8/c1-37-31-74(48(30-68-37)33-73-23-26-84-35-38(73)2)34-54(77)76(62(82)63(4)36-69-53-28-41(11-20-50(53)63)27-40-9-15-45(64)16-10-40)47-18-13-43(14-19-47)59(79)70-46-17-12-44-32-75(57(49(44)29-46)60(80)72-56-51(65)7-6-8-52(56)66)61(81)55(42-21-24-83-25-22-42)71-58(78)39(3)67-5/h6-20,28-29,37-39,42,48,55,57,67-69H,21-27,30-36H2,1-5H3,(H,70,79)(H,71,78)(H,72,80)/t37-,38-,39+,48-,55+,57+,63?/m1/s1. The summed E-state index contributed by atoms with van der Waals surface area (Å²) >= 11 is 0. The van der Waals surface area contributed by atoms with Crippen LogP contribution in [0, 0.1) is 23.4 Å². The van der Waals surface area contributed by atoms with Crippen molar-refractivity contribution in [3.05, 3.63) is 154 Å². The maximum atomic E-state index is 15.4. The molecule has 3 fully saturated rings. The molecule has 5 aliphatic rings. The summed E-state index contributed by atoms with van der Waals surface area (Å²) < 4.78 is 55.3. The molecule has 5 aromatic carbocycles. The number of imide groups is 1. The number of ether oxygens (including phenoxy) is 2. The van der Waals surface area contributed by atoms with Crippen LogP contribution in [-0.4, -0.2) is 153 Å². The number of piperazine rings is 1. The second-order valence-electron chi connectivity index (χ2n) is 23.0. The van der Waals surface area contributed by atoms with E-state index in [1.54, 1.807) is 50.4 Å². The number of fused-ring (bicyclic) bond motifs is 2. The molecule has 5 aliphatic heterocycles. The minimum absolute atomic E-state index is 0.0473. The van der Waals surface area contributed by atoms with Crippen LogP contribution in [0.15, 0.2) is 103 Å². The molecule has 6 amide bonds.